The predicted molar refractivity (Wildman–Crippen MR) is 92.0 cm³/mol. The molecule has 0 aliphatic rings. The molecule has 0 aliphatic heterocycles. The highest BCUT2D eigenvalue weighted by molar-refractivity contribution is 14.1. The number of anilines is 2. The van der Waals surface area contributed by atoms with Gasteiger partial charge in [-0.25, -0.2) is 0 Å². The molecule has 0 heterocycles. The van der Waals surface area contributed by atoms with Gasteiger partial charge in [0.05, 0.1) is 12.8 Å². The van der Waals surface area contributed by atoms with E-state index in [1.165, 1.54) is 0 Å². The highest BCUT2D eigenvalue weighted by Crippen LogP contribution is 2.18. The highest BCUT2D eigenvalue weighted by atomic mass is 127. The van der Waals surface area contributed by atoms with Crippen LogP contribution in [-0.4, -0.2) is 12.2 Å². The van der Waals surface area contributed by atoms with Crippen LogP contribution in [0.25, 0.3) is 0 Å². The number of para-hydroxylation sites is 1. The van der Waals surface area contributed by atoms with Crippen LogP contribution in [0, 0.1) is 3.57 Å². The second kappa shape index (κ2) is 6.72. The van der Waals surface area contributed by atoms with Crippen molar-refractivity contribution in [3.05, 3.63) is 52.1 Å². The van der Waals surface area contributed by atoms with E-state index in [-0.39, 0.29) is 0 Å². The minimum absolute atomic E-state index is 0.564. The van der Waals surface area contributed by atoms with E-state index in [1.54, 1.807) is 7.11 Å². The van der Waals surface area contributed by atoms with Gasteiger partial charge in [0.25, 0.3) is 0 Å². The number of nitrogens with one attached hydrogen (secondary N) is 2. The van der Waals surface area contributed by atoms with E-state index in [1.807, 2.05) is 48.5 Å². The summed E-state index contributed by atoms with van der Waals surface area (Å²) in [6.45, 7) is 0. The van der Waals surface area contributed by atoms with Gasteiger partial charge in [-0.2, -0.15) is 0 Å². The zero-order chi connectivity index (χ0) is 13.7. The second-order valence-electron chi connectivity index (χ2n) is 3.79. The Morgan fingerprint density at radius 1 is 1.05 bits per heavy atom. The molecule has 0 aliphatic carbocycles. The van der Waals surface area contributed by atoms with Crippen molar-refractivity contribution in [2.75, 3.05) is 17.7 Å². The smallest absolute Gasteiger partial charge is 0.175 e. The van der Waals surface area contributed by atoms with Crippen LogP contribution in [0.4, 0.5) is 11.4 Å². The molecular weight excluding hydrogens is 371 g/mol. The standard InChI is InChI=1S/C14H13IN2OS/c1-18-11-8-6-10(7-9-11)16-14(19)17-13-5-3-2-4-12(13)15/h2-9H,1H3,(H2,16,17,19). The lowest BCUT2D eigenvalue weighted by Gasteiger charge is -2.12. The zero-order valence-corrected chi connectivity index (χ0v) is 13.3. The molecule has 5 heteroatoms. The first-order chi connectivity index (χ1) is 9.19. The van der Waals surface area contributed by atoms with Crippen molar-refractivity contribution in [3.63, 3.8) is 0 Å². The third-order valence-electron chi connectivity index (χ3n) is 2.47. The molecule has 19 heavy (non-hydrogen) atoms. The van der Waals surface area contributed by atoms with E-state index < -0.39 is 0 Å². The molecule has 2 rings (SSSR count). The summed E-state index contributed by atoms with van der Waals surface area (Å²) in [7, 11) is 1.64. The summed E-state index contributed by atoms with van der Waals surface area (Å²) < 4.78 is 6.23. The van der Waals surface area contributed by atoms with E-state index in [4.69, 9.17) is 17.0 Å². The Kier molecular flexibility index (Phi) is 4.98. The van der Waals surface area contributed by atoms with Crippen LogP contribution in [0.1, 0.15) is 0 Å². The molecule has 0 amide bonds. The maximum absolute atomic E-state index is 5.28. The monoisotopic (exact) mass is 384 g/mol. The Hall–Kier alpha value is -1.34. The van der Waals surface area contributed by atoms with Crippen LogP contribution >= 0.6 is 34.8 Å². The van der Waals surface area contributed by atoms with Gasteiger partial charge in [0.15, 0.2) is 5.11 Å². The average molecular weight is 384 g/mol. The van der Waals surface area contributed by atoms with Gasteiger partial charge in [-0.1, -0.05) is 12.1 Å². The van der Waals surface area contributed by atoms with E-state index in [0.29, 0.717) is 5.11 Å². The molecule has 98 valence electrons. The largest absolute Gasteiger partial charge is 0.497 e. The van der Waals surface area contributed by atoms with Gasteiger partial charge in [-0.3, -0.25) is 0 Å². The Morgan fingerprint density at radius 3 is 2.37 bits per heavy atom. The fraction of sp³-hybridized carbons (Fsp3) is 0.0714. The maximum atomic E-state index is 5.28. The van der Waals surface area contributed by atoms with Gasteiger partial charge in [-0.05, 0) is 71.2 Å². The molecule has 0 bridgehead atoms. The Balaban J connectivity index is 1.99. The van der Waals surface area contributed by atoms with Gasteiger partial charge in [-0.15, -0.1) is 0 Å². The molecule has 0 spiro atoms. The fourth-order valence-corrected chi connectivity index (χ4v) is 2.27. The summed E-state index contributed by atoms with van der Waals surface area (Å²) in [6.07, 6.45) is 0. The Morgan fingerprint density at radius 2 is 1.74 bits per heavy atom. The lowest BCUT2D eigenvalue weighted by molar-refractivity contribution is 0.415. The molecule has 0 atom stereocenters. The lowest BCUT2D eigenvalue weighted by Crippen LogP contribution is -2.19. The number of benzene rings is 2. The van der Waals surface area contributed by atoms with Crippen LogP contribution in [0.5, 0.6) is 5.75 Å². The Bertz CT molecular complexity index is 572. The maximum Gasteiger partial charge on any atom is 0.175 e. The third kappa shape index (κ3) is 4.07. The third-order valence-corrected chi connectivity index (χ3v) is 3.61. The van der Waals surface area contributed by atoms with Gasteiger partial charge in [0.1, 0.15) is 5.75 Å². The van der Waals surface area contributed by atoms with Crippen molar-refractivity contribution < 1.29 is 4.74 Å². The molecule has 0 aromatic heterocycles. The molecule has 2 N–H and O–H groups in total. The van der Waals surface area contributed by atoms with E-state index >= 15 is 0 Å². The van der Waals surface area contributed by atoms with Crippen molar-refractivity contribution in [3.8, 4) is 5.75 Å². The van der Waals surface area contributed by atoms with Crippen molar-refractivity contribution >= 4 is 51.3 Å². The van der Waals surface area contributed by atoms with Crippen molar-refractivity contribution in [2.45, 2.75) is 0 Å². The van der Waals surface area contributed by atoms with E-state index in [0.717, 1.165) is 20.7 Å². The van der Waals surface area contributed by atoms with Crippen LogP contribution in [0.2, 0.25) is 0 Å². The molecule has 0 saturated carbocycles. The average Bonchev–Trinajstić information content (AvgIpc) is 2.42. The number of hydrogen-bond acceptors (Lipinski definition) is 2. The minimum Gasteiger partial charge on any atom is -0.497 e. The number of methoxy groups -OCH3 is 1. The molecule has 0 unspecified atom stereocenters. The van der Waals surface area contributed by atoms with Crippen LogP contribution in [0.15, 0.2) is 48.5 Å². The van der Waals surface area contributed by atoms with Crippen molar-refractivity contribution in [1.29, 1.82) is 0 Å². The Labute approximate surface area is 131 Å². The molecule has 0 saturated heterocycles. The van der Waals surface area contributed by atoms with Gasteiger partial charge in [0.2, 0.25) is 0 Å². The SMILES string of the molecule is COc1ccc(NC(=S)Nc2ccccc2I)cc1. The first kappa shape index (κ1) is 14.1. The number of thiocarbonyl (C=S) groups is 1. The fourth-order valence-electron chi connectivity index (χ4n) is 1.52. The molecule has 2 aromatic carbocycles. The number of rotatable bonds is 3. The van der Waals surface area contributed by atoms with E-state index in [2.05, 4.69) is 33.2 Å². The summed E-state index contributed by atoms with van der Waals surface area (Å²) in [4.78, 5) is 0. The van der Waals surface area contributed by atoms with Crippen LogP contribution in [0.3, 0.4) is 0 Å². The molecule has 0 radical (unpaired) electrons. The topological polar surface area (TPSA) is 33.3 Å². The number of halogens is 1. The number of ether oxygens (including phenoxy) is 1. The summed E-state index contributed by atoms with van der Waals surface area (Å²) in [5, 5.41) is 6.86. The zero-order valence-electron chi connectivity index (χ0n) is 10.3. The first-order valence-electron chi connectivity index (χ1n) is 5.65. The number of hydrogen-bond donors (Lipinski definition) is 2. The van der Waals surface area contributed by atoms with Crippen LogP contribution < -0.4 is 15.4 Å². The molecule has 3 nitrogen and oxygen atoms in total. The normalized spacial score (nSPS) is 9.79. The van der Waals surface area contributed by atoms with Gasteiger partial charge in [0, 0.05) is 9.26 Å². The highest BCUT2D eigenvalue weighted by Gasteiger charge is 2.02. The minimum atomic E-state index is 0.564. The van der Waals surface area contributed by atoms with Crippen molar-refractivity contribution in [1.82, 2.24) is 0 Å². The van der Waals surface area contributed by atoms with Crippen LogP contribution in [-0.2, 0) is 0 Å². The molecule has 2 aromatic rings. The van der Waals surface area contributed by atoms with Gasteiger partial charge < -0.3 is 15.4 Å². The van der Waals surface area contributed by atoms with E-state index in [9.17, 15) is 0 Å². The summed E-state index contributed by atoms with van der Waals surface area (Å²) >= 11 is 7.55. The summed E-state index contributed by atoms with van der Waals surface area (Å²) in [6, 6.07) is 15.6. The summed E-state index contributed by atoms with van der Waals surface area (Å²) in [5.74, 6) is 0.821. The summed E-state index contributed by atoms with van der Waals surface area (Å²) in [5.41, 5.74) is 1.92. The quantitative estimate of drug-likeness (QED) is 0.617. The van der Waals surface area contributed by atoms with Crippen molar-refractivity contribution in [2.24, 2.45) is 0 Å². The lowest BCUT2D eigenvalue weighted by atomic mass is 10.3. The molecule has 0 fully saturated rings. The van der Waals surface area contributed by atoms with Gasteiger partial charge >= 0.3 is 0 Å². The molecular formula is C14H13IN2OS. The second-order valence-corrected chi connectivity index (χ2v) is 5.36. The first-order valence-corrected chi connectivity index (χ1v) is 7.14. The predicted octanol–water partition coefficient (Wildman–Crippen LogP) is 4.11.